The van der Waals surface area contributed by atoms with E-state index in [9.17, 15) is 16.8 Å². The zero-order chi connectivity index (χ0) is 34.5. The summed E-state index contributed by atoms with van der Waals surface area (Å²) in [6.45, 7) is 5.11. The van der Waals surface area contributed by atoms with Crippen LogP contribution in [-0.4, -0.2) is 51.6 Å². The van der Waals surface area contributed by atoms with Crippen molar-refractivity contribution in [1.29, 1.82) is 0 Å². The summed E-state index contributed by atoms with van der Waals surface area (Å²) >= 11 is 0. The van der Waals surface area contributed by atoms with Crippen molar-refractivity contribution < 1.29 is 16.8 Å². The van der Waals surface area contributed by atoms with Crippen molar-refractivity contribution in [2.75, 3.05) is 26.2 Å². The molecule has 1 aliphatic rings. The van der Waals surface area contributed by atoms with Gasteiger partial charge in [0.2, 0.25) is 20.0 Å². The van der Waals surface area contributed by atoms with Crippen LogP contribution in [0.2, 0.25) is 0 Å². The van der Waals surface area contributed by atoms with Gasteiger partial charge in [0.25, 0.3) is 0 Å². The minimum Gasteiger partial charge on any atom is -0.207 e. The number of nitrogens with zero attached hydrogens (tertiary/aromatic N) is 2. The molecule has 0 aromatic heterocycles. The van der Waals surface area contributed by atoms with Gasteiger partial charge in [0, 0.05) is 26.2 Å². The summed E-state index contributed by atoms with van der Waals surface area (Å²) in [5.74, 6) is 0. The molecule has 2 aromatic rings. The van der Waals surface area contributed by atoms with Crippen molar-refractivity contribution in [3.8, 4) is 0 Å². The van der Waals surface area contributed by atoms with E-state index in [4.69, 9.17) is 0 Å². The second-order valence-corrected chi connectivity index (χ2v) is 17.8. The minimum atomic E-state index is -3.67. The van der Waals surface area contributed by atoms with Crippen LogP contribution in [0, 0.1) is 0 Å². The fraction of sp³-hybridized carbons (Fsp3) is 0.700. The van der Waals surface area contributed by atoms with Crippen LogP contribution in [0.15, 0.2) is 58.3 Å². The average Bonchev–Trinajstić information content (AvgIpc) is 3.10. The number of hydrogen-bond acceptors (Lipinski definition) is 4. The first-order valence-corrected chi connectivity index (χ1v) is 22.3. The van der Waals surface area contributed by atoms with E-state index in [1.165, 1.54) is 135 Å². The largest absolute Gasteiger partial charge is 0.243 e. The van der Waals surface area contributed by atoms with E-state index in [0.29, 0.717) is 0 Å². The summed E-state index contributed by atoms with van der Waals surface area (Å²) in [7, 11) is -7.34. The Hall–Kier alpha value is -1.74. The molecule has 0 aliphatic carbocycles. The molecule has 3 rings (SSSR count). The van der Waals surface area contributed by atoms with Crippen molar-refractivity contribution in [2.45, 2.75) is 165 Å². The lowest BCUT2D eigenvalue weighted by atomic mass is 10.0. The van der Waals surface area contributed by atoms with Gasteiger partial charge in [-0.3, -0.25) is 0 Å². The molecule has 0 radical (unpaired) electrons. The van der Waals surface area contributed by atoms with Crippen molar-refractivity contribution in [3.05, 3.63) is 59.7 Å². The Morgan fingerprint density at radius 3 is 0.917 bits per heavy atom. The van der Waals surface area contributed by atoms with E-state index in [2.05, 4.69) is 13.8 Å². The summed E-state index contributed by atoms with van der Waals surface area (Å²) < 4.78 is 56.3. The monoisotopic (exact) mass is 702 g/mol. The fourth-order valence-corrected chi connectivity index (χ4v) is 9.58. The Labute approximate surface area is 295 Å². The van der Waals surface area contributed by atoms with Crippen molar-refractivity contribution >= 4 is 20.0 Å². The van der Waals surface area contributed by atoms with Crippen LogP contribution in [0.25, 0.3) is 0 Å². The van der Waals surface area contributed by atoms with E-state index in [1.807, 2.05) is 24.3 Å². The molecule has 2 aromatic carbocycles. The van der Waals surface area contributed by atoms with Gasteiger partial charge >= 0.3 is 0 Å². The van der Waals surface area contributed by atoms with E-state index >= 15 is 0 Å². The third kappa shape index (κ3) is 14.2. The Morgan fingerprint density at radius 1 is 0.396 bits per heavy atom. The van der Waals surface area contributed by atoms with Crippen LogP contribution in [0.3, 0.4) is 0 Å². The van der Waals surface area contributed by atoms with Gasteiger partial charge in [-0.25, -0.2) is 16.8 Å². The summed E-state index contributed by atoms with van der Waals surface area (Å²) in [6.07, 6.45) is 27.9. The highest BCUT2D eigenvalue weighted by molar-refractivity contribution is 7.89. The van der Waals surface area contributed by atoms with Gasteiger partial charge in [0.1, 0.15) is 0 Å². The van der Waals surface area contributed by atoms with Crippen LogP contribution < -0.4 is 0 Å². The van der Waals surface area contributed by atoms with Crippen LogP contribution in [0.5, 0.6) is 0 Å². The molecule has 6 nitrogen and oxygen atoms in total. The molecule has 0 unspecified atom stereocenters. The Morgan fingerprint density at radius 2 is 0.646 bits per heavy atom. The highest BCUT2D eigenvalue weighted by Gasteiger charge is 2.33. The third-order valence-corrected chi connectivity index (χ3v) is 13.8. The topological polar surface area (TPSA) is 74.8 Å². The number of hydrogen-bond donors (Lipinski definition) is 0. The summed E-state index contributed by atoms with van der Waals surface area (Å²) in [5.41, 5.74) is 2.33. The first kappa shape index (κ1) is 40.7. The molecule has 1 fully saturated rings. The van der Waals surface area contributed by atoms with Crippen LogP contribution >= 0.6 is 0 Å². The van der Waals surface area contributed by atoms with Gasteiger partial charge in [-0.2, -0.15) is 8.61 Å². The lowest BCUT2D eigenvalue weighted by Gasteiger charge is -2.33. The molecule has 0 amide bonds. The van der Waals surface area contributed by atoms with Gasteiger partial charge in [0.15, 0.2) is 0 Å². The number of benzene rings is 2. The highest BCUT2D eigenvalue weighted by atomic mass is 32.2. The maximum atomic E-state index is 13.4. The van der Waals surface area contributed by atoms with E-state index in [0.717, 1.165) is 25.7 Å². The van der Waals surface area contributed by atoms with Crippen molar-refractivity contribution in [2.24, 2.45) is 0 Å². The van der Waals surface area contributed by atoms with Crippen molar-refractivity contribution in [1.82, 2.24) is 8.61 Å². The zero-order valence-corrected chi connectivity index (χ0v) is 32.0. The number of sulfonamides is 2. The Kier molecular flexibility index (Phi) is 19.4. The number of piperazine rings is 1. The summed E-state index contributed by atoms with van der Waals surface area (Å²) in [5, 5.41) is 0. The lowest BCUT2D eigenvalue weighted by Crippen LogP contribution is -2.50. The molecular formula is C40H66N2O4S2. The van der Waals surface area contributed by atoms with Crippen LogP contribution in [-0.2, 0) is 32.9 Å². The van der Waals surface area contributed by atoms with Gasteiger partial charge < -0.3 is 0 Å². The first-order chi connectivity index (χ1) is 23.3. The summed E-state index contributed by atoms with van der Waals surface area (Å²) in [4.78, 5) is 0.562. The lowest BCUT2D eigenvalue weighted by molar-refractivity contribution is 0.273. The zero-order valence-electron chi connectivity index (χ0n) is 30.3. The molecule has 0 spiro atoms. The average molecular weight is 703 g/mol. The SMILES string of the molecule is CCCCCCCCCCCCc1ccc(S(=O)(=O)N2CCN(S(=O)(=O)c3ccc(CCCCCCCCCCCC)cc3)CC2)cc1. The molecule has 1 aliphatic heterocycles. The smallest absolute Gasteiger partial charge is 0.207 e. The predicted octanol–water partition coefficient (Wildman–Crippen LogP) is 10.3. The molecule has 48 heavy (non-hydrogen) atoms. The molecule has 0 N–H and O–H groups in total. The second kappa shape index (κ2) is 22.9. The van der Waals surface area contributed by atoms with Gasteiger partial charge in [-0.15, -0.1) is 0 Å². The maximum absolute atomic E-state index is 13.4. The molecule has 272 valence electrons. The Balaban J connectivity index is 1.35. The number of unbranched alkanes of at least 4 members (excludes halogenated alkanes) is 18. The number of rotatable bonds is 26. The minimum absolute atomic E-state index is 0.152. The van der Waals surface area contributed by atoms with Crippen LogP contribution in [0.4, 0.5) is 0 Å². The van der Waals surface area contributed by atoms with Crippen LogP contribution in [0.1, 0.15) is 153 Å². The molecule has 0 bridgehead atoms. The molecule has 0 atom stereocenters. The summed E-state index contributed by atoms with van der Waals surface area (Å²) in [6, 6.07) is 14.6. The molecular weight excluding hydrogens is 637 g/mol. The van der Waals surface area contributed by atoms with Crippen molar-refractivity contribution in [3.63, 3.8) is 0 Å². The second-order valence-electron chi connectivity index (χ2n) is 14.0. The van der Waals surface area contributed by atoms with E-state index in [-0.39, 0.29) is 36.0 Å². The third-order valence-electron chi connectivity index (χ3n) is 9.96. The molecule has 0 saturated carbocycles. The normalized spacial score (nSPS) is 14.9. The van der Waals surface area contributed by atoms with Gasteiger partial charge in [-0.1, -0.05) is 154 Å². The fourth-order valence-electron chi connectivity index (χ4n) is 6.74. The van der Waals surface area contributed by atoms with E-state index in [1.54, 1.807) is 24.3 Å². The van der Waals surface area contributed by atoms with Gasteiger partial charge in [0.05, 0.1) is 9.79 Å². The van der Waals surface area contributed by atoms with E-state index < -0.39 is 20.0 Å². The predicted molar refractivity (Wildman–Crippen MR) is 201 cm³/mol. The highest BCUT2D eigenvalue weighted by Crippen LogP contribution is 2.24. The molecule has 1 heterocycles. The first-order valence-electron chi connectivity index (χ1n) is 19.5. The Bertz CT molecular complexity index is 1230. The van der Waals surface area contributed by atoms with Gasteiger partial charge in [-0.05, 0) is 61.1 Å². The molecule has 8 heteroatoms. The quantitative estimate of drug-likeness (QED) is 0.0915. The maximum Gasteiger partial charge on any atom is 0.243 e. The number of aryl methyl sites for hydroxylation is 2. The standard InChI is InChI=1S/C40H66N2O4S2/c1-3-5-7-9-11-13-15-17-19-21-23-37-25-29-39(30-26-37)47(43,44)41-33-35-42(36-34-41)48(45,46)40-31-27-38(28-32-40)24-22-20-18-16-14-12-10-8-6-4-2/h25-32H,3-24,33-36H2,1-2H3. The molecule has 1 saturated heterocycles.